The molecule has 1 atom stereocenters. The first kappa shape index (κ1) is 24.0. The van der Waals surface area contributed by atoms with E-state index in [1.165, 1.54) is 23.9 Å². The lowest BCUT2D eigenvalue weighted by molar-refractivity contribution is -0.383. The van der Waals surface area contributed by atoms with E-state index < -0.39 is 16.1 Å². The highest BCUT2D eigenvalue weighted by molar-refractivity contribution is 8.01. The zero-order valence-electron chi connectivity index (χ0n) is 18.2. The number of rotatable bonds is 10. The van der Waals surface area contributed by atoms with Gasteiger partial charge in [0.1, 0.15) is 5.69 Å². The quantitative estimate of drug-likeness (QED) is 0.303. The number of anilines is 3. The van der Waals surface area contributed by atoms with Gasteiger partial charge in [0.25, 0.3) is 5.69 Å². The van der Waals surface area contributed by atoms with Gasteiger partial charge >= 0.3 is 0 Å². The van der Waals surface area contributed by atoms with E-state index in [0.29, 0.717) is 6.42 Å². The molecule has 0 bridgehead atoms. The fourth-order valence-corrected chi connectivity index (χ4v) is 4.42. The molecule has 8 heteroatoms. The van der Waals surface area contributed by atoms with Gasteiger partial charge in [-0.25, -0.2) is 0 Å². The highest BCUT2D eigenvalue weighted by Crippen LogP contribution is 2.30. The third-order valence-corrected chi connectivity index (χ3v) is 6.13. The minimum absolute atomic E-state index is 0.000124. The first-order chi connectivity index (χ1) is 16.0. The third kappa shape index (κ3) is 6.43. The van der Waals surface area contributed by atoms with Gasteiger partial charge in [-0.1, -0.05) is 61.9 Å². The van der Waals surface area contributed by atoms with E-state index in [2.05, 4.69) is 5.32 Å². The van der Waals surface area contributed by atoms with Crippen LogP contribution in [0, 0.1) is 10.1 Å². The summed E-state index contributed by atoms with van der Waals surface area (Å²) in [6, 6.07) is 24.8. The molecule has 0 aromatic heterocycles. The molecule has 3 aromatic carbocycles. The van der Waals surface area contributed by atoms with Crippen LogP contribution in [-0.2, 0) is 9.59 Å². The average Bonchev–Trinajstić information content (AvgIpc) is 2.83. The molecule has 0 fully saturated rings. The van der Waals surface area contributed by atoms with E-state index >= 15 is 0 Å². The molecule has 0 saturated heterocycles. The Bertz CT molecular complexity index is 1050. The molecule has 3 rings (SSSR count). The molecule has 0 saturated carbocycles. The van der Waals surface area contributed by atoms with Crippen LogP contribution in [0.5, 0.6) is 0 Å². The van der Waals surface area contributed by atoms with Crippen molar-refractivity contribution in [3.8, 4) is 0 Å². The Morgan fingerprint density at radius 1 is 0.939 bits per heavy atom. The van der Waals surface area contributed by atoms with Gasteiger partial charge in [0.05, 0.1) is 15.9 Å². The first-order valence-electron chi connectivity index (χ1n) is 10.6. The summed E-state index contributed by atoms with van der Waals surface area (Å²) in [5.74, 6) is -0.508. The highest BCUT2D eigenvalue weighted by Gasteiger charge is 2.27. The molecule has 170 valence electrons. The van der Waals surface area contributed by atoms with Crippen LogP contribution < -0.4 is 10.2 Å². The van der Waals surface area contributed by atoms with Gasteiger partial charge in [-0.05, 0) is 36.8 Å². The number of nitrogens with zero attached hydrogens (tertiary/aromatic N) is 2. The van der Waals surface area contributed by atoms with Gasteiger partial charge in [0, 0.05) is 17.4 Å². The molecule has 0 radical (unpaired) electrons. The normalized spacial score (nSPS) is 11.4. The summed E-state index contributed by atoms with van der Waals surface area (Å²) in [6.07, 6.45) is 1.37. The molecular formula is C25H25N3O4S. The summed E-state index contributed by atoms with van der Waals surface area (Å²) in [5.41, 5.74) is 1.47. The molecule has 0 aliphatic rings. The Labute approximate surface area is 197 Å². The molecule has 1 N–H and O–H groups in total. The van der Waals surface area contributed by atoms with Crippen molar-refractivity contribution in [1.82, 2.24) is 0 Å². The standard InChI is InChI=1S/C25H25N3O4S/c1-2-11-23(33-18-24(29)26-21-16-9-10-17-22(21)28(31)32)25(30)27(19-12-5-3-6-13-19)20-14-7-4-8-15-20/h3-10,12-17,23H,2,11,18H2,1H3,(H,26,29). The van der Waals surface area contributed by atoms with Crippen LogP contribution in [0.15, 0.2) is 84.9 Å². The number of carbonyl (C=O) groups is 2. The minimum Gasteiger partial charge on any atom is -0.320 e. The van der Waals surface area contributed by atoms with Crippen molar-refractivity contribution in [1.29, 1.82) is 0 Å². The summed E-state index contributed by atoms with van der Waals surface area (Å²) >= 11 is 1.24. The summed E-state index contributed by atoms with van der Waals surface area (Å²) in [6.45, 7) is 1.99. The highest BCUT2D eigenvalue weighted by atomic mass is 32.2. The van der Waals surface area contributed by atoms with Crippen molar-refractivity contribution in [2.24, 2.45) is 0 Å². The maximum atomic E-state index is 13.6. The van der Waals surface area contributed by atoms with Gasteiger partial charge in [-0.2, -0.15) is 0 Å². The fourth-order valence-electron chi connectivity index (χ4n) is 3.34. The Morgan fingerprint density at radius 3 is 2.03 bits per heavy atom. The molecule has 0 aliphatic heterocycles. The Morgan fingerprint density at radius 2 is 1.48 bits per heavy atom. The molecule has 0 spiro atoms. The monoisotopic (exact) mass is 463 g/mol. The van der Waals surface area contributed by atoms with Crippen LogP contribution in [0.4, 0.5) is 22.7 Å². The van der Waals surface area contributed by atoms with E-state index in [4.69, 9.17) is 0 Å². The number of nitro groups is 1. The summed E-state index contributed by atoms with van der Waals surface area (Å²) in [4.78, 5) is 38.5. The topological polar surface area (TPSA) is 92.5 Å². The smallest absolute Gasteiger partial charge is 0.292 e. The van der Waals surface area contributed by atoms with Gasteiger partial charge in [0.2, 0.25) is 11.8 Å². The lowest BCUT2D eigenvalue weighted by atomic mass is 10.1. The molecule has 1 unspecified atom stereocenters. The number of nitrogens with one attached hydrogen (secondary N) is 1. The summed E-state index contributed by atoms with van der Waals surface area (Å²) in [5, 5.41) is 13.3. The number of nitro benzene ring substituents is 1. The second-order valence-corrected chi connectivity index (χ2v) is 8.45. The van der Waals surface area contributed by atoms with Crippen molar-refractivity contribution in [3.63, 3.8) is 0 Å². The number of hydrogen-bond donors (Lipinski definition) is 1. The number of amides is 2. The number of para-hydroxylation sites is 4. The molecular weight excluding hydrogens is 438 g/mol. The predicted molar refractivity (Wildman–Crippen MR) is 133 cm³/mol. The Kier molecular flexibility index (Phi) is 8.60. The van der Waals surface area contributed by atoms with Gasteiger partial charge < -0.3 is 5.32 Å². The van der Waals surface area contributed by atoms with E-state index in [0.717, 1.165) is 17.8 Å². The van der Waals surface area contributed by atoms with E-state index in [1.807, 2.05) is 67.6 Å². The number of hydrogen-bond acceptors (Lipinski definition) is 5. The number of thioether (sulfide) groups is 1. The second kappa shape index (κ2) is 11.8. The van der Waals surface area contributed by atoms with Crippen molar-refractivity contribution in [3.05, 3.63) is 95.0 Å². The van der Waals surface area contributed by atoms with Crippen LogP contribution >= 0.6 is 11.8 Å². The molecule has 3 aromatic rings. The van der Waals surface area contributed by atoms with Crippen LogP contribution in [0.3, 0.4) is 0 Å². The van der Waals surface area contributed by atoms with Crippen LogP contribution in [-0.4, -0.2) is 27.7 Å². The lowest BCUT2D eigenvalue weighted by Crippen LogP contribution is -2.35. The van der Waals surface area contributed by atoms with Crippen molar-refractivity contribution >= 4 is 46.3 Å². The molecule has 0 heterocycles. The fraction of sp³-hybridized carbons (Fsp3) is 0.200. The van der Waals surface area contributed by atoms with Crippen molar-refractivity contribution < 1.29 is 14.5 Å². The van der Waals surface area contributed by atoms with Crippen molar-refractivity contribution in [2.45, 2.75) is 25.0 Å². The largest absolute Gasteiger partial charge is 0.320 e. The SMILES string of the molecule is CCCC(SCC(=O)Nc1ccccc1[N+](=O)[O-])C(=O)N(c1ccccc1)c1ccccc1. The number of benzene rings is 3. The second-order valence-electron chi connectivity index (χ2n) is 7.26. The van der Waals surface area contributed by atoms with Gasteiger partial charge in [0.15, 0.2) is 0 Å². The Hall–Kier alpha value is -3.65. The van der Waals surface area contributed by atoms with Crippen molar-refractivity contribution in [2.75, 3.05) is 16.0 Å². The zero-order valence-corrected chi connectivity index (χ0v) is 19.0. The first-order valence-corrected chi connectivity index (χ1v) is 11.6. The molecule has 33 heavy (non-hydrogen) atoms. The number of carbonyl (C=O) groups excluding carboxylic acids is 2. The summed E-state index contributed by atoms with van der Waals surface area (Å²) < 4.78 is 0. The van der Waals surface area contributed by atoms with Gasteiger partial charge in [-0.3, -0.25) is 24.6 Å². The lowest BCUT2D eigenvalue weighted by Gasteiger charge is -2.27. The maximum Gasteiger partial charge on any atom is 0.292 e. The van der Waals surface area contributed by atoms with E-state index in [1.54, 1.807) is 17.0 Å². The van der Waals surface area contributed by atoms with E-state index in [9.17, 15) is 19.7 Å². The third-order valence-electron chi connectivity index (χ3n) is 4.87. The predicted octanol–water partition coefficient (Wildman–Crippen LogP) is 5.80. The zero-order chi connectivity index (χ0) is 23.6. The molecule has 0 aliphatic carbocycles. The maximum absolute atomic E-state index is 13.6. The molecule has 7 nitrogen and oxygen atoms in total. The van der Waals surface area contributed by atoms with E-state index in [-0.39, 0.29) is 23.0 Å². The summed E-state index contributed by atoms with van der Waals surface area (Å²) in [7, 11) is 0. The molecule has 2 amide bonds. The Balaban J connectivity index is 1.76. The van der Waals surface area contributed by atoms with Crippen LogP contribution in [0.2, 0.25) is 0 Å². The minimum atomic E-state index is -0.538. The average molecular weight is 464 g/mol. The van der Waals surface area contributed by atoms with Crippen LogP contribution in [0.25, 0.3) is 0 Å². The van der Waals surface area contributed by atoms with Crippen LogP contribution in [0.1, 0.15) is 19.8 Å². The van der Waals surface area contributed by atoms with Gasteiger partial charge in [-0.15, -0.1) is 11.8 Å².